The van der Waals surface area contributed by atoms with Crippen LogP contribution in [0.5, 0.6) is 0 Å². The topological polar surface area (TPSA) is 29.5 Å². The first-order valence-electron chi connectivity index (χ1n) is 6.43. The molecule has 1 N–H and O–H groups in total. The molecule has 98 valence electrons. The molecule has 0 aliphatic carbocycles. The van der Waals surface area contributed by atoms with Crippen LogP contribution in [0.25, 0.3) is 0 Å². The van der Waals surface area contributed by atoms with E-state index < -0.39 is 0 Å². The van der Waals surface area contributed by atoms with Crippen LogP contribution >= 0.6 is 0 Å². The van der Waals surface area contributed by atoms with Crippen LogP contribution in [-0.4, -0.2) is 18.3 Å². The number of aliphatic hydroxyl groups excluding tert-OH is 1. The largest absolute Gasteiger partial charge is 0.395 e. The molecule has 1 aromatic carbocycles. The summed E-state index contributed by atoms with van der Waals surface area (Å²) in [5.74, 6) is 6.61. The summed E-state index contributed by atoms with van der Waals surface area (Å²) in [6.45, 7) is 5.56. The van der Waals surface area contributed by atoms with E-state index >= 15 is 0 Å². The van der Waals surface area contributed by atoms with Crippen molar-refractivity contribution in [3.63, 3.8) is 0 Å². The maximum atomic E-state index is 8.84. The maximum Gasteiger partial charge on any atom is 0.0717 e. The van der Waals surface area contributed by atoms with Gasteiger partial charge in [-0.05, 0) is 18.4 Å². The van der Waals surface area contributed by atoms with E-state index in [4.69, 9.17) is 9.84 Å². The first kappa shape index (κ1) is 14.8. The second kappa shape index (κ2) is 8.74. The Bertz CT molecular complexity index is 375. The lowest BCUT2D eigenvalue weighted by Gasteiger charge is -2.09. The molecule has 2 heteroatoms. The number of ether oxygens (including phenoxy) is 1. The molecule has 0 amide bonds. The number of rotatable bonds is 6. The maximum absolute atomic E-state index is 8.84. The summed E-state index contributed by atoms with van der Waals surface area (Å²) in [5.41, 5.74) is 1.20. The average molecular weight is 246 g/mol. The molecule has 0 bridgehead atoms. The Balaban J connectivity index is 2.17. The molecule has 0 fully saturated rings. The van der Waals surface area contributed by atoms with Gasteiger partial charge in [0.25, 0.3) is 0 Å². The molecular formula is C16H22O2. The lowest BCUT2D eigenvalue weighted by Crippen LogP contribution is -2.05. The Hall–Kier alpha value is -1.30. The lowest BCUT2D eigenvalue weighted by molar-refractivity contribution is 0.0935. The number of hydrogen-bond donors (Lipinski definition) is 1. The zero-order valence-electron chi connectivity index (χ0n) is 11.2. The molecule has 0 heterocycles. The minimum Gasteiger partial charge on any atom is -0.395 e. The third-order valence-corrected chi connectivity index (χ3v) is 2.59. The van der Waals surface area contributed by atoms with Gasteiger partial charge < -0.3 is 9.84 Å². The average Bonchev–Trinajstić information content (AvgIpc) is 2.39. The van der Waals surface area contributed by atoms with Gasteiger partial charge in [-0.25, -0.2) is 0 Å². The fourth-order valence-electron chi connectivity index (χ4n) is 1.46. The zero-order valence-corrected chi connectivity index (χ0v) is 11.2. The Morgan fingerprint density at radius 1 is 1.22 bits per heavy atom. The van der Waals surface area contributed by atoms with Gasteiger partial charge in [-0.3, -0.25) is 0 Å². The minimum absolute atomic E-state index is 0.0717. The smallest absolute Gasteiger partial charge is 0.0717 e. The number of aliphatic hydroxyl groups is 1. The summed E-state index contributed by atoms with van der Waals surface area (Å²) in [6.07, 6.45) is 0.819. The van der Waals surface area contributed by atoms with Crippen molar-refractivity contribution in [1.29, 1.82) is 0 Å². The van der Waals surface area contributed by atoms with E-state index in [2.05, 4.69) is 30.9 Å². The first-order chi connectivity index (χ1) is 8.72. The highest BCUT2D eigenvalue weighted by molar-refractivity contribution is 5.13. The van der Waals surface area contributed by atoms with E-state index in [0.29, 0.717) is 12.5 Å². The molecule has 1 rings (SSSR count). The summed E-state index contributed by atoms with van der Waals surface area (Å²) < 4.78 is 5.65. The van der Waals surface area contributed by atoms with E-state index in [-0.39, 0.29) is 12.5 Å². The quantitative estimate of drug-likeness (QED) is 0.782. The van der Waals surface area contributed by atoms with Gasteiger partial charge in [0, 0.05) is 12.3 Å². The molecule has 0 aromatic heterocycles. The molecular weight excluding hydrogens is 224 g/mol. The highest BCUT2D eigenvalue weighted by Crippen LogP contribution is 2.05. The van der Waals surface area contributed by atoms with E-state index in [0.717, 1.165) is 13.0 Å². The van der Waals surface area contributed by atoms with E-state index in [1.807, 2.05) is 25.1 Å². The zero-order chi connectivity index (χ0) is 13.2. The van der Waals surface area contributed by atoms with E-state index in [1.54, 1.807) is 0 Å². The van der Waals surface area contributed by atoms with Crippen LogP contribution in [0.1, 0.15) is 25.8 Å². The minimum atomic E-state index is 0.0717. The van der Waals surface area contributed by atoms with Crippen molar-refractivity contribution in [3.8, 4) is 11.8 Å². The summed E-state index contributed by atoms with van der Waals surface area (Å²) in [4.78, 5) is 0. The van der Waals surface area contributed by atoms with Crippen molar-refractivity contribution >= 4 is 0 Å². The molecule has 18 heavy (non-hydrogen) atoms. The van der Waals surface area contributed by atoms with Gasteiger partial charge in [0.15, 0.2) is 0 Å². The Kier molecular flexibility index (Phi) is 7.17. The monoisotopic (exact) mass is 246 g/mol. The molecule has 0 saturated heterocycles. The third kappa shape index (κ3) is 6.44. The van der Waals surface area contributed by atoms with Crippen LogP contribution in [0.15, 0.2) is 30.3 Å². The van der Waals surface area contributed by atoms with Gasteiger partial charge >= 0.3 is 0 Å². The number of benzene rings is 1. The summed E-state index contributed by atoms with van der Waals surface area (Å²) in [6, 6.07) is 10.2. The van der Waals surface area contributed by atoms with Crippen LogP contribution in [0.2, 0.25) is 0 Å². The van der Waals surface area contributed by atoms with Crippen LogP contribution in [0.3, 0.4) is 0 Å². The standard InChI is InChI=1S/C16H22O2/c1-14(11-17)7-6-8-15(2)12-18-13-16-9-4-3-5-10-16/h3-5,9-10,14-15,17H,8,11-13H2,1-2H3/t14-,15-/m1/s1. The first-order valence-corrected chi connectivity index (χ1v) is 6.43. The predicted molar refractivity (Wildman–Crippen MR) is 73.9 cm³/mol. The van der Waals surface area contributed by atoms with Gasteiger partial charge in [0.05, 0.1) is 19.8 Å². The second-order valence-electron chi connectivity index (χ2n) is 4.71. The molecule has 1 aromatic rings. The normalized spacial score (nSPS) is 13.5. The number of hydrogen-bond acceptors (Lipinski definition) is 2. The van der Waals surface area contributed by atoms with Crippen molar-refractivity contribution in [1.82, 2.24) is 0 Å². The van der Waals surface area contributed by atoms with Gasteiger partial charge in [0.2, 0.25) is 0 Å². The molecule has 0 radical (unpaired) electrons. The van der Waals surface area contributed by atoms with Crippen LogP contribution in [-0.2, 0) is 11.3 Å². The van der Waals surface area contributed by atoms with Gasteiger partial charge in [-0.2, -0.15) is 0 Å². The Morgan fingerprint density at radius 2 is 1.94 bits per heavy atom. The highest BCUT2D eigenvalue weighted by atomic mass is 16.5. The highest BCUT2D eigenvalue weighted by Gasteiger charge is 2.00. The molecule has 2 nitrogen and oxygen atoms in total. The SMILES string of the molecule is C[C@H](CC#C[C@@H](C)CO)COCc1ccccc1. The third-order valence-electron chi connectivity index (χ3n) is 2.59. The molecule has 0 saturated carbocycles. The van der Waals surface area contributed by atoms with Crippen molar-refractivity contribution in [2.45, 2.75) is 26.9 Å². The van der Waals surface area contributed by atoms with Crippen molar-refractivity contribution in [2.24, 2.45) is 11.8 Å². The van der Waals surface area contributed by atoms with E-state index in [9.17, 15) is 0 Å². The predicted octanol–water partition coefficient (Wildman–Crippen LogP) is 2.86. The fraction of sp³-hybridized carbons (Fsp3) is 0.500. The fourth-order valence-corrected chi connectivity index (χ4v) is 1.46. The van der Waals surface area contributed by atoms with Crippen molar-refractivity contribution < 1.29 is 9.84 Å². The van der Waals surface area contributed by atoms with Crippen LogP contribution in [0.4, 0.5) is 0 Å². The molecule has 0 aliphatic heterocycles. The van der Waals surface area contributed by atoms with Gasteiger partial charge in [-0.15, -0.1) is 5.92 Å². The van der Waals surface area contributed by atoms with Crippen LogP contribution < -0.4 is 0 Å². The molecule has 0 aliphatic rings. The van der Waals surface area contributed by atoms with Crippen LogP contribution in [0, 0.1) is 23.7 Å². The molecule has 0 unspecified atom stereocenters. The summed E-state index contributed by atoms with van der Waals surface area (Å²) >= 11 is 0. The van der Waals surface area contributed by atoms with Gasteiger partial charge in [-0.1, -0.05) is 43.2 Å². The lowest BCUT2D eigenvalue weighted by atomic mass is 10.1. The summed E-state index contributed by atoms with van der Waals surface area (Å²) in [5, 5.41) is 8.84. The van der Waals surface area contributed by atoms with Gasteiger partial charge in [0.1, 0.15) is 0 Å². The van der Waals surface area contributed by atoms with E-state index in [1.165, 1.54) is 5.56 Å². The van der Waals surface area contributed by atoms with Crippen molar-refractivity contribution in [2.75, 3.05) is 13.2 Å². The Morgan fingerprint density at radius 3 is 2.61 bits per heavy atom. The Labute approximate surface area is 110 Å². The molecule has 0 spiro atoms. The molecule has 2 atom stereocenters. The second-order valence-corrected chi connectivity index (χ2v) is 4.71. The van der Waals surface area contributed by atoms with Crippen molar-refractivity contribution in [3.05, 3.63) is 35.9 Å². The summed E-state index contributed by atoms with van der Waals surface area (Å²) in [7, 11) is 0.